The lowest BCUT2D eigenvalue weighted by Crippen LogP contribution is -2.15. The summed E-state index contributed by atoms with van der Waals surface area (Å²) in [4.78, 5) is 0. The van der Waals surface area contributed by atoms with E-state index in [1.54, 1.807) is 0 Å². The molecule has 2 aliphatic carbocycles. The average Bonchev–Trinajstić information content (AvgIpc) is 2.95. The number of rotatable bonds is 3. The molecule has 104 valence electrons. The molecule has 4 atom stereocenters. The van der Waals surface area contributed by atoms with Crippen molar-refractivity contribution in [1.82, 2.24) is 0 Å². The number of aliphatic hydroxyl groups excluding tert-OH is 1. The molecule has 2 aliphatic rings. The fraction of sp³-hybridized carbons (Fsp3) is 0.600. The van der Waals surface area contributed by atoms with Crippen LogP contribution in [0.1, 0.15) is 43.8 Å². The Morgan fingerprint density at radius 1 is 1.21 bits per heavy atom. The maximum atomic E-state index is 13.8. The molecule has 0 spiro atoms. The number of hydrogen-bond donors (Lipinski definition) is 1. The smallest absolute Gasteiger partial charge is 0.137 e. The molecule has 0 saturated heterocycles. The van der Waals surface area contributed by atoms with Gasteiger partial charge in [-0.1, -0.05) is 6.42 Å². The second-order valence-electron chi connectivity index (χ2n) is 5.97. The van der Waals surface area contributed by atoms with Crippen LogP contribution >= 0.6 is 15.9 Å². The molecule has 3 rings (SSSR count). The van der Waals surface area contributed by atoms with Crippen molar-refractivity contribution < 1.29 is 13.9 Å². The zero-order chi connectivity index (χ0) is 13.6. The summed E-state index contributed by atoms with van der Waals surface area (Å²) in [6.07, 6.45) is 4.60. The van der Waals surface area contributed by atoms with Gasteiger partial charge in [0.1, 0.15) is 11.6 Å². The Bertz CT molecular complexity index is 491. The predicted octanol–water partition coefficient (Wildman–Crippen LogP) is 4.59. The first kappa shape index (κ1) is 13.5. The maximum Gasteiger partial charge on any atom is 0.137 e. The molecule has 4 unspecified atom stereocenters. The van der Waals surface area contributed by atoms with Gasteiger partial charge in [0.2, 0.25) is 0 Å². The van der Waals surface area contributed by atoms with Gasteiger partial charge in [-0.3, -0.25) is 0 Å². The van der Waals surface area contributed by atoms with Crippen LogP contribution in [0, 0.1) is 29.4 Å². The first-order chi connectivity index (χ1) is 9.04. The summed E-state index contributed by atoms with van der Waals surface area (Å²) in [6, 6.07) is 2.20. The van der Waals surface area contributed by atoms with Crippen LogP contribution in [-0.2, 0) is 0 Å². The fourth-order valence-corrected chi connectivity index (χ4v) is 4.19. The van der Waals surface area contributed by atoms with E-state index < -0.39 is 17.7 Å². The van der Waals surface area contributed by atoms with Gasteiger partial charge in [-0.05, 0) is 71.5 Å². The molecule has 0 amide bonds. The fourth-order valence-electron chi connectivity index (χ4n) is 3.87. The summed E-state index contributed by atoms with van der Waals surface area (Å²) in [5.41, 5.74) is 0.0865. The lowest BCUT2D eigenvalue weighted by Gasteiger charge is -2.24. The Labute approximate surface area is 120 Å². The zero-order valence-electron chi connectivity index (χ0n) is 10.6. The molecule has 0 aromatic heterocycles. The van der Waals surface area contributed by atoms with E-state index in [9.17, 15) is 13.9 Å². The largest absolute Gasteiger partial charge is 0.388 e. The molecule has 4 heteroatoms. The number of aliphatic hydroxyl groups is 1. The number of hydrogen-bond acceptors (Lipinski definition) is 1. The Kier molecular flexibility index (Phi) is 3.65. The molecule has 1 aromatic carbocycles. The van der Waals surface area contributed by atoms with E-state index in [-0.39, 0.29) is 10.0 Å². The van der Waals surface area contributed by atoms with E-state index in [4.69, 9.17) is 0 Å². The highest BCUT2D eigenvalue weighted by Crippen LogP contribution is 2.51. The van der Waals surface area contributed by atoms with Crippen LogP contribution < -0.4 is 0 Å². The Morgan fingerprint density at radius 2 is 2.00 bits per heavy atom. The number of benzene rings is 1. The maximum absolute atomic E-state index is 13.8. The number of halogens is 3. The van der Waals surface area contributed by atoms with Gasteiger partial charge in [0, 0.05) is 5.56 Å². The minimum atomic E-state index is -0.896. The van der Waals surface area contributed by atoms with Crippen molar-refractivity contribution in [2.45, 2.75) is 38.2 Å². The van der Waals surface area contributed by atoms with Crippen LogP contribution in [0.5, 0.6) is 0 Å². The summed E-state index contributed by atoms with van der Waals surface area (Å²) in [5, 5.41) is 10.2. The summed E-state index contributed by atoms with van der Waals surface area (Å²) < 4.78 is 27.3. The first-order valence-corrected chi connectivity index (χ1v) is 7.66. The molecule has 0 radical (unpaired) electrons. The normalized spacial score (nSPS) is 30.8. The van der Waals surface area contributed by atoms with Gasteiger partial charge in [-0.15, -0.1) is 0 Å². The van der Waals surface area contributed by atoms with Crippen LogP contribution in [0.4, 0.5) is 8.78 Å². The monoisotopic (exact) mass is 330 g/mol. The zero-order valence-corrected chi connectivity index (χ0v) is 12.2. The SMILES string of the molecule is OC(CC1CC2CCC1C2)c1cc(F)c(Br)cc1F. The van der Waals surface area contributed by atoms with Gasteiger partial charge in [0.15, 0.2) is 0 Å². The van der Waals surface area contributed by atoms with E-state index in [0.717, 1.165) is 24.5 Å². The Morgan fingerprint density at radius 3 is 2.63 bits per heavy atom. The molecular formula is C15H17BrF2O. The number of fused-ring (bicyclic) bond motifs is 2. The van der Waals surface area contributed by atoms with Gasteiger partial charge >= 0.3 is 0 Å². The molecule has 19 heavy (non-hydrogen) atoms. The van der Waals surface area contributed by atoms with E-state index in [0.29, 0.717) is 18.3 Å². The standard InChI is InChI=1S/C15H17BrF2O/c16-12-7-13(17)11(6-14(12)18)15(19)5-10-4-8-1-2-9(10)3-8/h6-10,15,19H,1-5H2. The molecule has 2 fully saturated rings. The van der Waals surface area contributed by atoms with Crippen molar-refractivity contribution in [3.8, 4) is 0 Å². The molecule has 1 N–H and O–H groups in total. The van der Waals surface area contributed by atoms with Gasteiger partial charge in [0.25, 0.3) is 0 Å². The third-order valence-electron chi connectivity index (χ3n) is 4.81. The van der Waals surface area contributed by atoms with Gasteiger partial charge in [0.05, 0.1) is 10.6 Å². The summed E-state index contributed by atoms with van der Waals surface area (Å²) >= 11 is 2.95. The van der Waals surface area contributed by atoms with Crippen molar-refractivity contribution in [1.29, 1.82) is 0 Å². The van der Waals surface area contributed by atoms with Crippen LogP contribution in [0.2, 0.25) is 0 Å². The van der Waals surface area contributed by atoms with Crippen molar-refractivity contribution in [3.63, 3.8) is 0 Å². The predicted molar refractivity (Wildman–Crippen MR) is 72.6 cm³/mol. The molecule has 0 heterocycles. The summed E-state index contributed by atoms with van der Waals surface area (Å²) in [5.74, 6) is 0.892. The second kappa shape index (κ2) is 5.13. The topological polar surface area (TPSA) is 20.2 Å². The van der Waals surface area contributed by atoms with Gasteiger partial charge in [-0.2, -0.15) is 0 Å². The molecule has 1 aromatic rings. The highest BCUT2D eigenvalue weighted by atomic mass is 79.9. The third kappa shape index (κ3) is 2.57. The quantitative estimate of drug-likeness (QED) is 0.804. The second-order valence-corrected chi connectivity index (χ2v) is 6.83. The van der Waals surface area contributed by atoms with Crippen LogP contribution in [0.15, 0.2) is 16.6 Å². The Balaban J connectivity index is 1.73. The van der Waals surface area contributed by atoms with Crippen molar-refractivity contribution in [3.05, 3.63) is 33.8 Å². The molecule has 0 aliphatic heterocycles. The van der Waals surface area contributed by atoms with Crippen LogP contribution in [0.3, 0.4) is 0 Å². The summed E-state index contributed by atoms with van der Waals surface area (Å²) in [6.45, 7) is 0. The molecule has 2 saturated carbocycles. The molecular weight excluding hydrogens is 314 g/mol. The van der Waals surface area contributed by atoms with Crippen molar-refractivity contribution in [2.24, 2.45) is 17.8 Å². The van der Waals surface area contributed by atoms with E-state index in [1.165, 1.54) is 19.3 Å². The summed E-state index contributed by atoms with van der Waals surface area (Å²) in [7, 11) is 0. The van der Waals surface area contributed by atoms with Crippen molar-refractivity contribution >= 4 is 15.9 Å². The lowest BCUT2D eigenvalue weighted by molar-refractivity contribution is 0.122. The van der Waals surface area contributed by atoms with E-state index >= 15 is 0 Å². The highest BCUT2D eigenvalue weighted by Gasteiger charge is 2.40. The highest BCUT2D eigenvalue weighted by molar-refractivity contribution is 9.10. The van der Waals surface area contributed by atoms with Gasteiger partial charge in [-0.25, -0.2) is 8.78 Å². The average molecular weight is 331 g/mol. The minimum Gasteiger partial charge on any atom is -0.388 e. The molecule has 1 nitrogen and oxygen atoms in total. The van der Waals surface area contributed by atoms with E-state index in [2.05, 4.69) is 15.9 Å². The van der Waals surface area contributed by atoms with Gasteiger partial charge < -0.3 is 5.11 Å². The van der Waals surface area contributed by atoms with Crippen LogP contribution in [0.25, 0.3) is 0 Å². The third-order valence-corrected chi connectivity index (χ3v) is 5.42. The Hall–Kier alpha value is -0.480. The molecule has 2 bridgehead atoms. The van der Waals surface area contributed by atoms with Crippen molar-refractivity contribution in [2.75, 3.05) is 0 Å². The lowest BCUT2D eigenvalue weighted by atomic mass is 9.83. The minimum absolute atomic E-state index is 0.0865. The first-order valence-electron chi connectivity index (χ1n) is 6.87. The van der Waals surface area contributed by atoms with Crippen LogP contribution in [-0.4, -0.2) is 5.11 Å². The van der Waals surface area contributed by atoms with E-state index in [1.807, 2.05) is 0 Å².